The Morgan fingerprint density at radius 3 is 1.01 bits per heavy atom. The molecular weight excluding hydrogens is 1650 g/mol. The summed E-state index contributed by atoms with van der Waals surface area (Å²) < 4.78 is -0.750. The quantitative estimate of drug-likeness (QED) is 0.0627. The fraction of sp³-hybridized carbons (Fsp3) is 0.667. The zero-order valence-electron chi connectivity index (χ0n) is 45.0. The number of rotatable bonds is 2. The van der Waals surface area contributed by atoms with Crippen molar-refractivity contribution in [2.45, 2.75) is 74.1 Å². The predicted molar refractivity (Wildman–Crippen MR) is 343 cm³/mol. The molecule has 0 saturated carbocycles. The summed E-state index contributed by atoms with van der Waals surface area (Å²) in [4.78, 5) is 158. The summed E-state index contributed by atoms with van der Waals surface area (Å²) in [6.45, 7) is 6.39. The molecule has 0 aromatic carbocycles. The number of aliphatic hydroxyl groups excluding tert-OH is 1. The number of carbonyl (C=O) groups excluding carboxylic acids is 13. The average molecular weight is 1710 g/mol. The molecule has 1 N–H and O–H groups in total. The molecule has 7 saturated heterocycles. The first-order valence-electron chi connectivity index (χ1n) is 21.1. The number of amides is 10. The van der Waals surface area contributed by atoms with Gasteiger partial charge in [-0.25, -0.2) is 0 Å². The van der Waals surface area contributed by atoms with E-state index in [4.69, 9.17) is 39.9 Å². The van der Waals surface area contributed by atoms with Crippen molar-refractivity contribution in [3.05, 3.63) is 0 Å². The number of fused-ring (bicyclic) bond motifs is 3. The first-order chi connectivity index (χ1) is 35.3. The molecule has 79 heavy (non-hydrogen) atoms. The van der Waals surface area contributed by atoms with Crippen LogP contribution in [-0.2, 0) is 75.0 Å². The number of halogens is 8. The number of likely N-dealkylation sites (N-methyl/N-ethyl adjacent to an activating group) is 10. The van der Waals surface area contributed by atoms with Gasteiger partial charge in [0.1, 0.15) is 0 Å². The molecule has 7 heterocycles. The van der Waals surface area contributed by atoms with Gasteiger partial charge >= 0.3 is 51.4 Å². The minimum atomic E-state index is -0.844. The van der Waals surface area contributed by atoms with Crippen molar-refractivity contribution in [1.82, 2.24) is 49.0 Å². The van der Waals surface area contributed by atoms with E-state index in [2.05, 4.69) is 107 Å². The molecule has 450 valence electrons. The zero-order valence-corrected chi connectivity index (χ0v) is 64.6. The van der Waals surface area contributed by atoms with E-state index >= 15 is 0 Å². The maximum absolute atomic E-state index is 12.0. The third kappa shape index (κ3) is 29.6. The van der Waals surface area contributed by atoms with E-state index in [1.165, 1.54) is 120 Å². The molecule has 24 nitrogen and oxygen atoms in total. The standard InChI is InChI=1S/C10H14N2O4S2.C6H8Br2N2O2.C6H8N2O2S2.C6H10N2O2S2.C6H10N2O2.C2H4OS.C2H6O.CHCl3.ClH.I2.K/c1-5(13)17-9-7(15)12(4)10(18-6(2)14)8(16)11(9)3;1-9-3(7)6(12)10(2)4(8)5(9)11;1-7-3(9)6-8(2)4(10)5(7)11-12-6;1-7-3(9)6(12)8(2)4(10)5(7)11;1-7-3-6(10)8(2)4-5(7)9;1-2(3)4;1-2-3;2-1(3)4;;1-2;/h9-10H,1-4H3;3-4H,1-2H3;5-6H,1-2H3;5-6,11-12H,1-2H3;3-4H2,1-2H3;1H3,(H,3,4);3H,2H2,1H3;1H;1H;;/q;;;;;;;;;;+1/p-1. The predicted octanol–water partition coefficient (Wildman–Crippen LogP) is 0.0586. The molecule has 10 amide bonds. The molecule has 8 atom stereocenters. The summed E-state index contributed by atoms with van der Waals surface area (Å²) in [5, 5.41) is 3.19. The van der Waals surface area contributed by atoms with E-state index in [1.54, 1.807) is 49.2 Å². The average Bonchev–Trinajstić information content (AvgIpc) is 3.35. The van der Waals surface area contributed by atoms with E-state index in [1.807, 2.05) is 0 Å². The van der Waals surface area contributed by atoms with Gasteiger partial charge in [-0.05, 0) is 13.8 Å². The third-order valence-electron chi connectivity index (χ3n) is 9.69. The van der Waals surface area contributed by atoms with E-state index in [-0.39, 0.29) is 169 Å². The van der Waals surface area contributed by atoms with Gasteiger partial charge in [0, 0.05) is 133 Å². The monoisotopic (exact) mass is 1710 g/mol. The van der Waals surface area contributed by atoms with Crippen LogP contribution in [0.25, 0.3) is 0 Å². The van der Waals surface area contributed by atoms with Crippen LogP contribution in [0, 0.1) is 0 Å². The molecule has 0 aliphatic carbocycles. The molecule has 7 fully saturated rings. The number of hydrogen-bond acceptors (Lipinski definition) is 21. The van der Waals surface area contributed by atoms with Crippen LogP contribution in [0.2, 0.25) is 0 Å². The topological polar surface area (TPSA) is 275 Å². The molecular formula is C39H61Br2Cl4I2KN10O14S7. The zero-order chi connectivity index (χ0) is 61.4. The van der Waals surface area contributed by atoms with Crippen molar-refractivity contribution in [1.29, 1.82) is 0 Å². The molecule has 0 radical (unpaired) electrons. The summed E-state index contributed by atoms with van der Waals surface area (Å²) in [6.07, 6.45) is 0. The van der Waals surface area contributed by atoms with Gasteiger partial charge in [-0.1, -0.05) is 112 Å². The van der Waals surface area contributed by atoms with Crippen molar-refractivity contribution in [2.24, 2.45) is 0 Å². The number of aliphatic hydroxyl groups is 1. The molecule has 8 unspecified atom stereocenters. The largest absolute Gasteiger partial charge is 1.00 e. The number of hydrogen-bond donors (Lipinski definition) is 3. The smallest absolute Gasteiger partial charge is 0.742 e. The number of alkyl halides is 5. The van der Waals surface area contributed by atoms with Crippen LogP contribution in [0.1, 0.15) is 27.7 Å². The van der Waals surface area contributed by atoms with Gasteiger partial charge in [-0.2, -0.15) is 0 Å². The third-order valence-corrected chi connectivity index (χ3v) is 17.9. The summed E-state index contributed by atoms with van der Waals surface area (Å²) >= 11 is 38.5. The molecule has 7 aliphatic heterocycles. The van der Waals surface area contributed by atoms with E-state index in [0.29, 0.717) is 0 Å². The number of thiol groups is 2. The number of piperazine rings is 5. The first kappa shape index (κ1) is 89.0. The van der Waals surface area contributed by atoms with Crippen molar-refractivity contribution < 1.29 is 119 Å². The van der Waals surface area contributed by atoms with Crippen molar-refractivity contribution in [3.8, 4) is 0 Å². The number of thioether (sulfide) groups is 2. The van der Waals surface area contributed by atoms with Gasteiger partial charge in [0.2, 0.25) is 11.8 Å². The van der Waals surface area contributed by atoms with E-state index in [0.717, 1.165) is 23.5 Å². The van der Waals surface area contributed by atoms with Gasteiger partial charge < -0.3 is 71.5 Å². The number of nitrogens with zero attached hydrogens (tertiary/aromatic N) is 10. The van der Waals surface area contributed by atoms with Gasteiger partial charge in [0.05, 0.1) is 13.1 Å². The molecule has 0 aromatic rings. The molecule has 0 aromatic heterocycles. The Morgan fingerprint density at radius 2 is 0.797 bits per heavy atom. The fourth-order valence-corrected chi connectivity index (χ4v) is 11.8. The second-order valence-corrected chi connectivity index (χ2v) is 25.6. The summed E-state index contributed by atoms with van der Waals surface area (Å²) in [7, 11) is 18.7. The summed E-state index contributed by atoms with van der Waals surface area (Å²) in [6, 6.07) is 0. The van der Waals surface area contributed by atoms with Crippen LogP contribution >= 0.6 is 187 Å². The van der Waals surface area contributed by atoms with Crippen LogP contribution in [0.3, 0.4) is 0 Å². The maximum Gasteiger partial charge on any atom is 1.00 e. The van der Waals surface area contributed by atoms with Crippen LogP contribution in [0.4, 0.5) is 0 Å². The Labute approximate surface area is 597 Å². The fourth-order valence-electron chi connectivity index (χ4n) is 5.36. The Balaban J connectivity index is -0.000000274. The summed E-state index contributed by atoms with van der Waals surface area (Å²) in [5.41, 5.74) is 0. The van der Waals surface area contributed by atoms with Crippen molar-refractivity contribution >= 4 is 274 Å². The molecule has 7 aliphatic rings. The van der Waals surface area contributed by atoms with E-state index < -0.39 is 35.7 Å². The molecule has 2 bridgehead atoms. The number of carbonyl (C=O) groups is 13. The second-order valence-electron chi connectivity index (χ2n) is 15.4. The van der Waals surface area contributed by atoms with Gasteiger partial charge in [0.15, 0.2) is 56.7 Å². The van der Waals surface area contributed by atoms with Gasteiger partial charge in [0.25, 0.3) is 47.3 Å². The van der Waals surface area contributed by atoms with Crippen molar-refractivity contribution in [3.63, 3.8) is 0 Å². The SMILES string of the molecule is CC(=O)SC1C(=O)N(C)C(SC(C)=O)C(=O)N1C.CC(=O)[S-].CCO.CN1C(=O)C(Br)N(C)C(=O)C1Br.CN1C(=O)C(S)N(C)C(=O)C1S.CN1C(=O)C2SSC1C(=O)N2C.CN1CC(=O)N(C)CC1=O.Cl.ClC(Cl)Cl.II.[K+]. The van der Waals surface area contributed by atoms with Crippen LogP contribution < -0.4 is 51.4 Å². The Kier molecular flexibility index (Phi) is 50.2. The van der Waals surface area contributed by atoms with Crippen LogP contribution in [0.5, 0.6) is 0 Å². The maximum atomic E-state index is 12.0. The Bertz CT molecular complexity index is 1900. The molecule has 0 spiro atoms. The van der Waals surface area contributed by atoms with E-state index in [9.17, 15) is 62.3 Å². The second kappa shape index (κ2) is 44.6. The Morgan fingerprint density at radius 1 is 0.570 bits per heavy atom. The van der Waals surface area contributed by atoms with Gasteiger partial charge in [-0.15, -0.1) is 37.7 Å². The van der Waals surface area contributed by atoms with Gasteiger partial charge in [-0.3, -0.25) is 57.5 Å². The normalized spacial score (nSPS) is 24.0. The minimum absolute atomic E-state index is 0. The molecule has 7 rings (SSSR count). The molecule has 40 heteroatoms. The van der Waals surface area contributed by atoms with Crippen LogP contribution in [0.15, 0.2) is 0 Å². The van der Waals surface area contributed by atoms with Crippen LogP contribution in [-0.4, -0.2) is 265 Å². The van der Waals surface area contributed by atoms with Crippen molar-refractivity contribution in [2.75, 3.05) is 90.2 Å². The first-order valence-corrected chi connectivity index (χ1v) is 36.0. The summed E-state index contributed by atoms with van der Waals surface area (Å²) in [5.74, 6) is -1.30. The Hall–Kier alpha value is 1.21. The minimum Gasteiger partial charge on any atom is -0.742 e.